The molecule has 1 unspecified atom stereocenters. The maximum atomic E-state index is 13.6. The Balaban J connectivity index is 1.27. The average Bonchev–Trinajstić information content (AvgIpc) is 3.42. The molecule has 1 amide bonds. The van der Waals surface area contributed by atoms with E-state index in [-0.39, 0.29) is 22.8 Å². The van der Waals surface area contributed by atoms with E-state index < -0.39 is 0 Å². The number of carbonyl (C=O) groups excluding carboxylic acids is 1. The fourth-order valence-corrected chi connectivity index (χ4v) is 5.90. The van der Waals surface area contributed by atoms with E-state index in [1.165, 1.54) is 0 Å². The summed E-state index contributed by atoms with van der Waals surface area (Å²) in [4.78, 5) is 24.8. The van der Waals surface area contributed by atoms with E-state index in [0.717, 1.165) is 59.8 Å². The maximum absolute atomic E-state index is 13.6. The van der Waals surface area contributed by atoms with Gasteiger partial charge in [0.25, 0.3) is 5.91 Å². The summed E-state index contributed by atoms with van der Waals surface area (Å²) in [5.41, 5.74) is 8.74. The number of para-hydroxylation sites is 1. The molecule has 2 fully saturated rings. The first-order valence-electron chi connectivity index (χ1n) is 14.4. The van der Waals surface area contributed by atoms with Gasteiger partial charge in [-0.25, -0.2) is 9.97 Å². The number of ether oxygens (including phenoxy) is 2. The third-order valence-electron chi connectivity index (χ3n) is 8.27. The van der Waals surface area contributed by atoms with Crippen LogP contribution in [-0.2, 0) is 9.53 Å². The Bertz CT molecular complexity index is 1650. The van der Waals surface area contributed by atoms with Gasteiger partial charge in [0.1, 0.15) is 46.0 Å². The van der Waals surface area contributed by atoms with E-state index in [1.807, 2.05) is 71.3 Å². The highest BCUT2D eigenvalue weighted by Crippen LogP contribution is 2.36. The predicted octanol–water partition coefficient (Wildman–Crippen LogP) is 5.74. The van der Waals surface area contributed by atoms with Crippen LogP contribution in [-0.4, -0.2) is 51.5 Å². The highest BCUT2D eigenvalue weighted by Gasteiger charge is 2.33. The smallest absolute Gasteiger partial charge is 0.264 e. The Hall–Kier alpha value is -4.68. The van der Waals surface area contributed by atoms with Crippen LogP contribution in [0.2, 0.25) is 0 Å². The fourth-order valence-electron chi connectivity index (χ4n) is 5.90. The monoisotopic (exact) mass is 562 g/mol. The zero-order chi connectivity index (χ0) is 29.1. The van der Waals surface area contributed by atoms with Crippen molar-refractivity contribution in [2.45, 2.75) is 38.5 Å². The number of aromatic nitrogens is 3. The van der Waals surface area contributed by atoms with E-state index in [2.05, 4.69) is 18.0 Å². The molecule has 1 atom stereocenters. The Labute approximate surface area is 245 Å². The highest BCUT2D eigenvalue weighted by molar-refractivity contribution is 5.97. The van der Waals surface area contributed by atoms with Crippen LogP contribution < -0.4 is 10.5 Å². The van der Waals surface area contributed by atoms with Crippen molar-refractivity contribution in [3.8, 4) is 28.8 Å². The molecular formula is C33H34N6O3. The molecule has 42 heavy (non-hydrogen) atoms. The number of rotatable bonds is 6. The number of benzene rings is 2. The van der Waals surface area contributed by atoms with Crippen LogP contribution in [0.15, 0.2) is 78.6 Å². The van der Waals surface area contributed by atoms with Gasteiger partial charge < -0.3 is 20.1 Å². The highest BCUT2D eigenvalue weighted by atomic mass is 16.5. The van der Waals surface area contributed by atoms with Gasteiger partial charge in [-0.3, -0.25) is 9.20 Å². The first-order chi connectivity index (χ1) is 20.4. The quantitative estimate of drug-likeness (QED) is 0.235. The predicted molar refractivity (Wildman–Crippen MR) is 160 cm³/mol. The SMILES string of the molecule is CC1(C=C(C#N)C(=O)N2CCCC(c3nc(-c4ccc(Oc5ccccc5)cc4)c4c(N)nccn34)C2)CCOCC1. The first-order valence-corrected chi connectivity index (χ1v) is 14.4. The zero-order valence-corrected chi connectivity index (χ0v) is 23.7. The lowest BCUT2D eigenvalue weighted by molar-refractivity contribution is -0.128. The third-order valence-corrected chi connectivity index (χ3v) is 8.27. The van der Waals surface area contributed by atoms with Crippen molar-refractivity contribution in [3.63, 3.8) is 0 Å². The minimum absolute atomic E-state index is 0.0231. The molecule has 4 heterocycles. The molecule has 2 aromatic carbocycles. The van der Waals surface area contributed by atoms with E-state index in [1.54, 1.807) is 11.1 Å². The van der Waals surface area contributed by atoms with Crippen molar-refractivity contribution in [3.05, 3.63) is 84.5 Å². The first kappa shape index (κ1) is 27.5. The molecule has 9 nitrogen and oxygen atoms in total. The number of carbonyl (C=O) groups is 1. The summed E-state index contributed by atoms with van der Waals surface area (Å²) in [5.74, 6) is 2.46. The van der Waals surface area contributed by atoms with E-state index in [4.69, 9.17) is 20.2 Å². The molecule has 0 aliphatic carbocycles. The van der Waals surface area contributed by atoms with Gasteiger partial charge in [-0.15, -0.1) is 0 Å². The lowest BCUT2D eigenvalue weighted by Crippen LogP contribution is -2.40. The molecule has 2 aromatic heterocycles. The molecule has 0 spiro atoms. The summed E-state index contributed by atoms with van der Waals surface area (Å²) >= 11 is 0. The van der Waals surface area contributed by atoms with Gasteiger partial charge in [0, 0.05) is 50.2 Å². The van der Waals surface area contributed by atoms with Crippen molar-refractivity contribution in [2.24, 2.45) is 5.41 Å². The molecule has 6 rings (SSSR count). The van der Waals surface area contributed by atoms with Crippen LogP contribution in [0.1, 0.15) is 44.3 Å². The summed E-state index contributed by atoms with van der Waals surface area (Å²) in [5, 5.41) is 9.92. The zero-order valence-electron chi connectivity index (χ0n) is 23.7. The maximum Gasteiger partial charge on any atom is 0.264 e. The summed E-state index contributed by atoms with van der Waals surface area (Å²) < 4.78 is 13.4. The number of allylic oxidation sites excluding steroid dienone is 1. The number of anilines is 1. The van der Waals surface area contributed by atoms with E-state index >= 15 is 0 Å². The van der Waals surface area contributed by atoms with Gasteiger partial charge in [0.15, 0.2) is 0 Å². The Morgan fingerprint density at radius 1 is 1.14 bits per heavy atom. The van der Waals surface area contributed by atoms with Crippen molar-refractivity contribution < 1.29 is 14.3 Å². The van der Waals surface area contributed by atoms with Crippen LogP contribution in [0.5, 0.6) is 11.5 Å². The van der Waals surface area contributed by atoms with Crippen molar-refractivity contribution in [2.75, 3.05) is 32.0 Å². The molecule has 9 heteroatoms. The fraction of sp³-hybridized carbons (Fsp3) is 0.333. The van der Waals surface area contributed by atoms with Gasteiger partial charge in [-0.1, -0.05) is 31.2 Å². The van der Waals surface area contributed by atoms with Gasteiger partial charge >= 0.3 is 0 Å². The van der Waals surface area contributed by atoms with E-state index in [9.17, 15) is 10.1 Å². The molecule has 0 saturated carbocycles. The molecule has 2 aliphatic heterocycles. The molecule has 4 aromatic rings. The van der Waals surface area contributed by atoms with Gasteiger partial charge in [-0.2, -0.15) is 5.26 Å². The number of amides is 1. The number of hydrogen-bond acceptors (Lipinski definition) is 7. The molecule has 2 saturated heterocycles. The van der Waals surface area contributed by atoms with E-state index in [0.29, 0.717) is 32.1 Å². The minimum atomic E-state index is -0.216. The summed E-state index contributed by atoms with van der Waals surface area (Å²) in [6.07, 6.45) is 8.69. The number of hydrogen-bond donors (Lipinski definition) is 1. The van der Waals surface area contributed by atoms with Crippen LogP contribution in [0.3, 0.4) is 0 Å². The van der Waals surface area contributed by atoms with Gasteiger partial charge in [0.2, 0.25) is 0 Å². The number of piperidine rings is 1. The summed E-state index contributed by atoms with van der Waals surface area (Å²) in [6.45, 7) is 4.46. The van der Waals surface area contributed by atoms with Crippen LogP contribution >= 0.6 is 0 Å². The number of imidazole rings is 1. The van der Waals surface area contributed by atoms with Crippen LogP contribution in [0.25, 0.3) is 16.8 Å². The molecule has 2 N–H and O–H groups in total. The Morgan fingerprint density at radius 2 is 1.88 bits per heavy atom. The Morgan fingerprint density at radius 3 is 2.62 bits per heavy atom. The van der Waals surface area contributed by atoms with Crippen molar-refractivity contribution >= 4 is 17.2 Å². The lowest BCUT2D eigenvalue weighted by Gasteiger charge is -2.34. The molecular weight excluding hydrogens is 528 g/mol. The number of fused-ring (bicyclic) bond motifs is 1. The molecule has 214 valence electrons. The average molecular weight is 563 g/mol. The number of likely N-dealkylation sites (tertiary alicyclic amines) is 1. The van der Waals surface area contributed by atoms with Crippen molar-refractivity contribution in [1.29, 1.82) is 5.26 Å². The number of nitrogen functional groups attached to an aromatic ring is 1. The molecule has 0 radical (unpaired) electrons. The second kappa shape index (κ2) is 11.7. The third kappa shape index (κ3) is 5.58. The topological polar surface area (TPSA) is 119 Å². The minimum Gasteiger partial charge on any atom is -0.457 e. The summed E-state index contributed by atoms with van der Waals surface area (Å²) in [7, 11) is 0. The van der Waals surface area contributed by atoms with Gasteiger partial charge in [0.05, 0.1) is 0 Å². The number of nitrogens with zero attached hydrogens (tertiary/aromatic N) is 5. The standard InChI is InChI=1S/C33H34N6O3/c1-33(13-18-41-19-14-33)20-25(21-34)32(40)38-16-5-6-24(22-38)31-37-28(29-30(35)36-15-17-39(29)31)23-9-11-27(12-10-23)42-26-7-3-2-4-8-26/h2-4,7-12,15,17,20,24H,5-6,13-14,16,18-19,22H2,1H3,(H2,35,36). The Kier molecular flexibility index (Phi) is 7.64. The summed E-state index contributed by atoms with van der Waals surface area (Å²) in [6, 6.07) is 19.6. The van der Waals surface area contributed by atoms with Crippen LogP contribution in [0, 0.1) is 16.7 Å². The largest absolute Gasteiger partial charge is 0.457 e. The number of nitrogens with two attached hydrogens (primary N) is 1. The molecule has 2 aliphatic rings. The lowest BCUT2D eigenvalue weighted by atomic mass is 9.80. The number of nitriles is 1. The van der Waals surface area contributed by atoms with Crippen molar-refractivity contribution in [1.82, 2.24) is 19.3 Å². The second-order valence-corrected chi connectivity index (χ2v) is 11.3. The second-order valence-electron chi connectivity index (χ2n) is 11.3. The van der Waals surface area contributed by atoms with Crippen LogP contribution in [0.4, 0.5) is 5.82 Å². The molecule has 0 bridgehead atoms. The normalized spacial score (nSPS) is 18.9. The van der Waals surface area contributed by atoms with Gasteiger partial charge in [-0.05, 0) is 67.5 Å².